The third-order valence-electron chi connectivity index (χ3n) is 8.00. The number of unbranched alkanes of at least 4 members (excludes halogenated alkanes) is 3. The molecule has 1 aromatic heterocycles. The first-order valence-electron chi connectivity index (χ1n) is 15.7. The molecule has 0 bridgehead atoms. The summed E-state index contributed by atoms with van der Waals surface area (Å²) in [5, 5.41) is 9.36. The lowest BCUT2D eigenvalue weighted by molar-refractivity contribution is -0.155. The van der Waals surface area contributed by atoms with Crippen molar-refractivity contribution in [2.24, 2.45) is 5.92 Å². The van der Waals surface area contributed by atoms with Gasteiger partial charge in [0, 0.05) is 37.7 Å². The fourth-order valence-electron chi connectivity index (χ4n) is 5.55. The molecule has 42 heavy (non-hydrogen) atoms. The molecule has 1 aliphatic rings. The first-order valence-corrected chi connectivity index (χ1v) is 15.7. The molecule has 230 valence electrons. The molecule has 1 unspecified atom stereocenters. The number of carboxylic acids is 1. The zero-order valence-corrected chi connectivity index (χ0v) is 25.5. The van der Waals surface area contributed by atoms with Gasteiger partial charge in [-0.25, -0.2) is 4.79 Å². The molecule has 1 aromatic rings. The molecule has 1 saturated heterocycles. The van der Waals surface area contributed by atoms with Gasteiger partial charge in [-0.15, -0.1) is 6.58 Å². The molecule has 1 aliphatic heterocycles. The Labute approximate surface area is 252 Å². The number of rotatable bonds is 21. The number of carbonyl (C=O) groups excluding carboxylic acids is 3. The fourth-order valence-corrected chi connectivity index (χ4v) is 5.55. The van der Waals surface area contributed by atoms with Crippen molar-refractivity contribution in [2.75, 3.05) is 6.54 Å². The number of carbonyl (C=O) groups is 4. The van der Waals surface area contributed by atoms with E-state index in [4.69, 9.17) is 0 Å². The SMILES string of the molecule is C=CCC(/C=C(\C)CCCC(=C)CCCC(=O)C(=O)N1CCCC[C@H]1C(=O)O)C(=O)CCCCCCc1cccnc1. The zero-order chi connectivity index (χ0) is 30.7. The van der Waals surface area contributed by atoms with Crippen LogP contribution in [0, 0.1) is 5.92 Å². The lowest BCUT2D eigenvalue weighted by Crippen LogP contribution is -2.50. The van der Waals surface area contributed by atoms with E-state index in [2.05, 4.69) is 37.2 Å². The lowest BCUT2D eigenvalue weighted by atomic mass is 9.92. The zero-order valence-electron chi connectivity index (χ0n) is 25.5. The molecule has 2 rings (SSSR count). The van der Waals surface area contributed by atoms with Gasteiger partial charge in [0.25, 0.3) is 5.91 Å². The van der Waals surface area contributed by atoms with Gasteiger partial charge in [-0.3, -0.25) is 19.4 Å². The monoisotopic (exact) mass is 578 g/mol. The summed E-state index contributed by atoms with van der Waals surface area (Å²) in [6.45, 7) is 10.4. The Bertz CT molecular complexity index is 1080. The van der Waals surface area contributed by atoms with E-state index in [0.717, 1.165) is 69.8 Å². The van der Waals surface area contributed by atoms with Crippen molar-refractivity contribution < 1.29 is 24.3 Å². The Morgan fingerprint density at radius 2 is 1.76 bits per heavy atom. The van der Waals surface area contributed by atoms with Crippen LogP contribution in [0.3, 0.4) is 0 Å². The van der Waals surface area contributed by atoms with Crippen LogP contribution >= 0.6 is 0 Å². The number of hydrogen-bond donors (Lipinski definition) is 1. The largest absolute Gasteiger partial charge is 0.480 e. The van der Waals surface area contributed by atoms with Gasteiger partial charge in [0.2, 0.25) is 5.78 Å². The number of hydrogen-bond acceptors (Lipinski definition) is 5. The summed E-state index contributed by atoms with van der Waals surface area (Å²) < 4.78 is 0. The second-order valence-electron chi connectivity index (χ2n) is 11.6. The second-order valence-corrected chi connectivity index (χ2v) is 11.6. The van der Waals surface area contributed by atoms with Crippen LogP contribution in [0.25, 0.3) is 0 Å². The maximum absolute atomic E-state index is 12.9. The highest BCUT2D eigenvalue weighted by Crippen LogP contribution is 2.21. The molecular formula is C35H50N2O5. The number of nitrogens with zero attached hydrogens (tertiary/aromatic N) is 2. The van der Waals surface area contributed by atoms with Gasteiger partial charge in [-0.1, -0.05) is 48.8 Å². The predicted octanol–water partition coefficient (Wildman–Crippen LogP) is 7.21. The van der Waals surface area contributed by atoms with Crippen LogP contribution in [0.1, 0.15) is 109 Å². The topological polar surface area (TPSA) is 105 Å². The molecular weight excluding hydrogens is 528 g/mol. The van der Waals surface area contributed by atoms with Crippen LogP contribution in [0.2, 0.25) is 0 Å². The van der Waals surface area contributed by atoms with E-state index in [0.29, 0.717) is 38.6 Å². The van der Waals surface area contributed by atoms with Crippen LogP contribution in [0.15, 0.2) is 61.0 Å². The Balaban J connectivity index is 1.64. The molecule has 2 atom stereocenters. The van der Waals surface area contributed by atoms with Gasteiger partial charge < -0.3 is 10.0 Å². The van der Waals surface area contributed by atoms with Crippen LogP contribution in [0.4, 0.5) is 0 Å². The number of aliphatic carboxylic acids is 1. The van der Waals surface area contributed by atoms with E-state index in [9.17, 15) is 24.3 Å². The Morgan fingerprint density at radius 1 is 1.02 bits per heavy atom. The molecule has 7 nitrogen and oxygen atoms in total. The van der Waals surface area contributed by atoms with Gasteiger partial charge >= 0.3 is 5.97 Å². The average Bonchev–Trinajstić information content (AvgIpc) is 2.98. The van der Waals surface area contributed by atoms with Crippen molar-refractivity contribution in [3.8, 4) is 0 Å². The third kappa shape index (κ3) is 13.1. The van der Waals surface area contributed by atoms with E-state index < -0.39 is 23.7 Å². The molecule has 2 heterocycles. The molecule has 0 aliphatic carbocycles. The molecule has 1 N–H and O–H groups in total. The van der Waals surface area contributed by atoms with Gasteiger partial charge in [0.1, 0.15) is 11.8 Å². The molecule has 1 fully saturated rings. The molecule has 0 radical (unpaired) electrons. The highest BCUT2D eigenvalue weighted by atomic mass is 16.4. The van der Waals surface area contributed by atoms with E-state index in [-0.39, 0.29) is 18.1 Å². The minimum Gasteiger partial charge on any atom is -0.480 e. The number of likely N-dealkylation sites (tertiary alicyclic amines) is 1. The maximum atomic E-state index is 12.9. The fraction of sp³-hybridized carbons (Fsp3) is 0.571. The second kappa shape index (κ2) is 19.7. The van der Waals surface area contributed by atoms with E-state index in [1.54, 1.807) is 6.20 Å². The van der Waals surface area contributed by atoms with Gasteiger partial charge in [-0.2, -0.15) is 0 Å². The standard InChI is InChI=1S/C35H50N2O5/c1-4-14-30(32(38)21-8-6-5-7-18-29-19-13-23-36-26-29)25-28(3)17-11-15-27(2)16-12-22-33(39)34(40)37-24-10-9-20-31(37)35(41)42/h4,13,19,23,25-26,30-31H,1-2,5-12,14-18,20-22,24H2,3H3,(H,41,42)/b28-25+/t30?,31-/m0/s1. The number of piperidine rings is 1. The normalized spacial score (nSPS) is 16.1. The highest BCUT2D eigenvalue weighted by molar-refractivity contribution is 6.36. The van der Waals surface area contributed by atoms with Crippen molar-refractivity contribution in [1.29, 1.82) is 0 Å². The van der Waals surface area contributed by atoms with Crippen molar-refractivity contribution in [1.82, 2.24) is 9.88 Å². The minimum absolute atomic E-state index is 0.107. The van der Waals surface area contributed by atoms with E-state index in [1.807, 2.05) is 18.3 Å². The summed E-state index contributed by atoms with van der Waals surface area (Å²) in [4.78, 5) is 54.6. The van der Waals surface area contributed by atoms with Crippen molar-refractivity contribution >= 4 is 23.4 Å². The summed E-state index contributed by atoms with van der Waals surface area (Å²) in [5.74, 6) is -2.07. The van der Waals surface area contributed by atoms with Crippen molar-refractivity contribution in [2.45, 2.75) is 116 Å². The van der Waals surface area contributed by atoms with Crippen LogP contribution < -0.4 is 0 Å². The van der Waals surface area contributed by atoms with Crippen LogP contribution in [0.5, 0.6) is 0 Å². The lowest BCUT2D eigenvalue weighted by Gasteiger charge is -2.32. The van der Waals surface area contributed by atoms with Gasteiger partial charge in [-0.05, 0) is 95.6 Å². The number of ketones is 2. The molecule has 1 amide bonds. The number of amides is 1. The van der Waals surface area contributed by atoms with E-state index >= 15 is 0 Å². The summed E-state index contributed by atoms with van der Waals surface area (Å²) in [5.41, 5.74) is 3.48. The molecule has 0 aromatic carbocycles. The summed E-state index contributed by atoms with van der Waals surface area (Å²) in [6.07, 6.45) is 19.9. The number of aryl methyl sites for hydroxylation is 1. The smallest absolute Gasteiger partial charge is 0.326 e. The molecule has 0 saturated carbocycles. The van der Waals surface area contributed by atoms with Crippen LogP contribution in [-0.2, 0) is 25.6 Å². The van der Waals surface area contributed by atoms with Gasteiger partial charge in [0.05, 0.1) is 0 Å². The number of pyridine rings is 1. The Kier molecular flexibility index (Phi) is 16.4. The highest BCUT2D eigenvalue weighted by Gasteiger charge is 2.34. The number of allylic oxidation sites excluding steroid dienone is 4. The Hall–Kier alpha value is -3.35. The van der Waals surface area contributed by atoms with Crippen LogP contribution in [-0.4, -0.2) is 51.0 Å². The summed E-state index contributed by atoms with van der Waals surface area (Å²) in [7, 11) is 0. The summed E-state index contributed by atoms with van der Waals surface area (Å²) in [6, 6.07) is 3.17. The number of carboxylic acid groups (broad SMARTS) is 1. The third-order valence-corrected chi connectivity index (χ3v) is 8.00. The van der Waals surface area contributed by atoms with Crippen molar-refractivity contribution in [3.05, 3.63) is 66.5 Å². The maximum Gasteiger partial charge on any atom is 0.326 e. The minimum atomic E-state index is -1.04. The predicted molar refractivity (Wildman–Crippen MR) is 167 cm³/mol. The first-order chi connectivity index (χ1) is 20.2. The quantitative estimate of drug-likeness (QED) is 0.0939. The Morgan fingerprint density at radius 3 is 2.45 bits per heavy atom. The van der Waals surface area contributed by atoms with Crippen molar-refractivity contribution in [3.63, 3.8) is 0 Å². The first kappa shape index (κ1) is 34.8. The molecule has 7 heteroatoms. The molecule has 0 spiro atoms. The summed E-state index contributed by atoms with van der Waals surface area (Å²) >= 11 is 0. The number of aromatic nitrogens is 1. The average molecular weight is 579 g/mol. The number of Topliss-reactive ketones (excluding diaryl/α,β-unsaturated/α-hetero) is 2. The van der Waals surface area contributed by atoms with E-state index in [1.165, 1.54) is 16.0 Å². The van der Waals surface area contributed by atoms with Gasteiger partial charge in [0.15, 0.2) is 0 Å².